The first-order valence-corrected chi connectivity index (χ1v) is 6.84. The van der Waals surface area contributed by atoms with E-state index in [9.17, 15) is 4.79 Å². The number of nitrogens with one attached hydrogen (secondary N) is 1. The highest BCUT2D eigenvalue weighted by atomic mass is 16.3. The number of amides is 1. The van der Waals surface area contributed by atoms with Crippen molar-refractivity contribution < 1.29 is 9.90 Å². The Kier molecular flexibility index (Phi) is 4.90. The molecule has 0 aliphatic rings. The van der Waals surface area contributed by atoms with Crippen molar-refractivity contribution in [3.05, 3.63) is 70.8 Å². The number of hydrogen-bond acceptors (Lipinski definition) is 2. The fraction of sp³-hybridized carbons (Fsp3) is 0.167. The number of aliphatic hydroxyl groups excluding tert-OH is 1. The van der Waals surface area contributed by atoms with Gasteiger partial charge in [0.1, 0.15) is 0 Å². The van der Waals surface area contributed by atoms with E-state index in [2.05, 4.69) is 11.4 Å². The lowest BCUT2D eigenvalue weighted by Crippen LogP contribution is -2.07. The lowest BCUT2D eigenvalue weighted by molar-refractivity contribution is -0.111. The van der Waals surface area contributed by atoms with E-state index in [1.165, 1.54) is 11.6 Å². The number of aliphatic hydroxyl groups is 1. The zero-order valence-electron chi connectivity index (χ0n) is 12.3. The molecule has 0 aromatic heterocycles. The number of rotatable bonds is 4. The van der Waals surface area contributed by atoms with Gasteiger partial charge in [-0.3, -0.25) is 4.79 Å². The Morgan fingerprint density at radius 1 is 1.14 bits per heavy atom. The number of carbonyl (C=O) groups is 1. The minimum atomic E-state index is -0.174. The van der Waals surface area contributed by atoms with Gasteiger partial charge in [-0.2, -0.15) is 0 Å². The summed E-state index contributed by atoms with van der Waals surface area (Å²) in [5.41, 5.74) is 4.91. The van der Waals surface area contributed by atoms with E-state index in [4.69, 9.17) is 5.11 Å². The summed E-state index contributed by atoms with van der Waals surface area (Å²) in [5, 5.41) is 11.8. The SMILES string of the molecule is Cc1ccc(C=CC(=O)Nc2ccc(CO)cc2)c(C)c1. The summed E-state index contributed by atoms with van der Waals surface area (Å²) in [6.07, 6.45) is 3.34. The van der Waals surface area contributed by atoms with Crippen LogP contribution in [0.3, 0.4) is 0 Å². The van der Waals surface area contributed by atoms with Gasteiger partial charge in [-0.05, 0) is 48.7 Å². The molecule has 21 heavy (non-hydrogen) atoms. The summed E-state index contributed by atoms with van der Waals surface area (Å²) in [7, 11) is 0. The van der Waals surface area contributed by atoms with Crippen molar-refractivity contribution in [2.75, 3.05) is 5.32 Å². The van der Waals surface area contributed by atoms with E-state index >= 15 is 0 Å². The average Bonchev–Trinajstić information content (AvgIpc) is 2.47. The van der Waals surface area contributed by atoms with Crippen LogP contribution in [0.4, 0.5) is 5.69 Å². The van der Waals surface area contributed by atoms with E-state index in [0.717, 1.165) is 16.7 Å². The van der Waals surface area contributed by atoms with E-state index in [1.807, 2.05) is 32.1 Å². The topological polar surface area (TPSA) is 49.3 Å². The summed E-state index contributed by atoms with van der Waals surface area (Å²) >= 11 is 0. The molecule has 0 saturated carbocycles. The molecule has 3 nitrogen and oxygen atoms in total. The zero-order chi connectivity index (χ0) is 15.2. The lowest BCUT2D eigenvalue weighted by Gasteiger charge is -2.04. The van der Waals surface area contributed by atoms with Gasteiger partial charge in [-0.25, -0.2) is 0 Å². The maximum absolute atomic E-state index is 11.9. The average molecular weight is 281 g/mol. The summed E-state index contributed by atoms with van der Waals surface area (Å²) in [6, 6.07) is 13.2. The highest BCUT2D eigenvalue weighted by Crippen LogP contribution is 2.13. The first-order valence-electron chi connectivity index (χ1n) is 6.84. The maximum Gasteiger partial charge on any atom is 0.248 e. The van der Waals surface area contributed by atoms with E-state index in [-0.39, 0.29) is 12.5 Å². The lowest BCUT2D eigenvalue weighted by atomic mass is 10.1. The molecule has 0 spiro atoms. The zero-order valence-corrected chi connectivity index (χ0v) is 12.3. The molecular weight excluding hydrogens is 262 g/mol. The molecule has 0 atom stereocenters. The van der Waals surface area contributed by atoms with Crippen LogP contribution in [0, 0.1) is 13.8 Å². The van der Waals surface area contributed by atoms with Gasteiger partial charge in [0.05, 0.1) is 6.61 Å². The molecule has 2 aromatic rings. The van der Waals surface area contributed by atoms with Crippen LogP contribution in [0.2, 0.25) is 0 Å². The summed E-state index contributed by atoms with van der Waals surface area (Å²) in [6.45, 7) is 4.07. The van der Waals surface area contributed by atoms with Crippen LogP contribution in [0.5, 0.6) is 0 Å². The monoisotopic (exact) mass is 281 g/mol. The minimum Gasteiger partial charge on any atom is -0.392 e. The number of carbonyl (C=O) groups excluding carboxylic acids is 1. The van der Waals surface area contributed by atoms with Gasteiger partial charge in [-0.15, -0.1) is 0 Å². The van der Waals surface area contributed by atoms with Crippen LogP contribution in [0.1, 0.15) is 22.3 Å². The molecule has 0 saturated heterocycles. The molecule has 0 radical (unpaired) electrons. The minimum absolute atomic E-state index is 0.000823. The van der Waals surface area contributed by atoms with Crippen LogP contribution in [0.15, 0.2) is 48.5 Å². The standard InChI is InChI=1S/C18H19NO2/c1-13-3-6-16(14(2)11-13)7-10-18(21)19-17-8-4-15(12-20)5-9-17/h3-11,20H,12H2,1-2H3,(H,19,21). The van der Waals surface area contributed by atoms with Crippen molar-refractivity contribution >= 4 is 17.7 Å². The Morgan fingerprint density at radius 3 is 2.48 bits per heavy atom. The van der Waals surface area contributed by atoms with Gasteiger partial charge in [0.15, 0.2) is 0 Å². The Balaban J connectivity index is 2.01. The first kappa shape index (κ1) is 15.0. The Labute approximate surface area is 124 Å². The van der Waals surface area contributed by atoms with E-state index < -0.39 is 0 Å². The van der Waals surface area contributed by atoms with Crippen molar-refractivity contribution in [2.24, 2.45) is 0 Å². The Hall–Kier alpha value is -2.39. The van der Waals surface area contributed by atoms with Gasteiger partial charge in [-0.1, -0.05) is 35.9 Å². The quantitative estimate of drug-likeness (QED) is 0.843. The molecule has 1 amide bonds. The molecular formula is C18H19NO2. The van der Waals surface area contributed by atoms with Crippen LogP contribution < -0.4 is 5.32 Å². The molecule has 3 heteroatoms. The van der Waals surface area contributed by atoms with Crippen molar-refractivity contribution in [1.29, 1.82) is 0 Å². The second kappa shape index (κ2) is 6.86. The van der Waals surface area contributed by atoms with Crippen molar-refractivity contribution in [3.63, 3.8) is 0 Å². The number of hydrogen-bond donors (Lipinski definition) is 2. The predicted molar refractivity (Wildman–Crippen MR) is 85.9 cm³/mol. The third-order valence-corrected chi connectivity index (χ3v) is 3.24. The van der Waals surface area contributed by atoms with Crippen molar-refractivity contribution in [3.8, 4) is 0 Å². The molecule has 0 aliphatic carbocycles. The van der Waals surface area contributed by atoms with Crippen LogP contribution in [-0.2, 0) is 11.4 Å². The van der Waals surface area contributed by atoms with Gasteiger partial charge in [0, 0.05) is 11.8 Å². The predicted octanol–water partition coefficient (Wildman–Crippen LogP) is 3.45. The molecule has 108 valence electrons. The third kappa shape index (κ3) is 4.29. The fourth-order valence-electron chi connectivity index (χ4n) is 2.06. The summed E-state index contributed by atoms with van der Waals surface area (Å²) in [4.78, 5) is 11.9. The molecule has 2 rings (SSSR count). The molecule has 2 aromatic carbocycles. The van der Waals surface area contributed by atoms with Crippen molar-refractivity contribution in [1.82, 2.24) is 0 Å². The number of anilines is 1. The summed E-state index contributed by atoms with van der Waals surface area (Å²) < 4.78 is 0. The van der Waals surface area contributed by atoms with Crippen LogP contribution >= 0.6 is 0 Å². The molecule has 0 heterocycles. The van der Waals surface area contributed by atoms with Gasteiger partial charge >= 0.3 is 0 Å². The highest BCUT2D eigenvalue weighted by molar-refractivity contribution is 6.02. The second-order valence-corrected chi connectivity index (χ2v) is 5.04. The smallest absolute Gasteiger partial charge is 0.248 e. The molecule has 0 aliphatic heterocycles. The van der Waals surface area contributed by atoms with E-state index in [1.54, 1.807) is 24.3 Å². The first-order chi connectivity index (χ1) is 10.1. The number of aryl methyl sites for hydroxylation is 2. The van der Waals surface area contributed by atoms with Gasteiger partial charge in [0.25, 0.3) is 0 Å². The molecule has 0 bridgehead atoms. The van der Waals surface area contributed by atoms with Gasteiger partial charge < -0.3 is 10.4 Å². The van der Waals surface area contributed by atoms with Crippen molar-refractivity contribution in [2.45, 2.75) is 20.5 Å². The van der Waals surface area contributed by atoms with Gasteiger partial charge in [0.2, 0.25) is 5.91 Å². The van der Waals surface area contributed by atoms with Crippen LogP contribution in [0.25, 0.3) is 6.08 Å². The molecule has 0 unspecified atom stereocenters. The Morgan fingerprint density at radius 2 is 1.86 bits per heavy atom. The third-order valence-electron chi connectivity index (χ3n) is 3.24. The summed E-state index contributed by atoms with van der Waals surface area (Å²) in [5.74, 6) is -0.174. The number of benzene rings is 2. The van der Waals surface area contributed by atoms with Crippen LogP contribution in [-0.4, -0.2) is 11.0 Å². The van der Waals surface area contributed by atoms with E-state index in [0.29, 0.717) is 5.69 Å². The maximum atomic E-state index is 11.9. The fourth-order valence-corrected chi connectivity index (χ4v) is 2.06. The normalized spacial score (nSPS) is 10.8. The molecule has 2 N–H and O–H groups in total. The second-order valence-electron chi connectivity index (χ2n) is 5.04. The Bertz CT molecular complexity index is 657. The molecule has 0 fully saturated rings. The largest absolute Gasteiger partial charge is 0.392 e. The highest BCUT2D eigenvalue weighted by Gasteiger charge is 1.99.